The van der Waals surface area contributed by atoms with E-state index in [1.54, 1.807) is 6.20 Å². The molecule has 4 nitrogen and oxygen atoms in total. The lowest BCUT2D eigenvalue weighted by Crippen LogP contribution is -2.14. The van der Waals surface area contributed by atoms with E-state index in [4.69, 9.17) is 0 Å². The van der Waals surface area contributed by atoms with E-state index in [-0.39, 0.29) is 5.78 Å². The summed E-state index contributed by atoms with van der Waals surface area (Å²) < 4.78 is 0. The summed E-state index contributed by atoms with van der Waals surface area (Å²) >= 11 is 0. The number of aromatic nitrogens is 2. The quantitative estimate of drug-likeness (QED) is 0.650. The minimum atomic E-state index is 0.0231. The zero-order valence-corrected chi connectivity index (χ0v) is 7.32. The zero-order valence-electron chi connectivity index (χ0n) is 7.32. The average molecular weight is 175 g/mol. The van der Waals surface area contributed by atoms with Gasteiger partial charge in [-0.3, -0.25) is 4.79 Å². The molecule has 2 heterocycles. The fraction of sp³-hybridized carbons (Fsp3) is 0.333. The fourth-order valence-corrected chi connectivity index (χ4v) is 1.27. The second kappa shape index (κ2) is 3.05. The number of carbonyl (C=O) groups is 1. The molecule has 0 amide bonds. The van der Waals surface area contributed by atoms with Crippen molar-refractivity contribution in [3.63, 3.8) is 0 Å². The van der Waals surface area contributed by atoms with Gasteiger partial charge in [0.2, 0.25) is 0 Å². The molecule has 13 heavy (non-hydrogen) atoms. The van der Waals surface area contributed by atoms with Crippen LogP contribution in [0.3, 0.4) is 0 Å². The first-order valence-electron chi connectivity index (χ1n) is 4.22. The Morgan fingerprint density at radius 2 is 2.15 bits per heavy atom. The highest BCUT2D eigenvalue weighted by atomic mass is 16.1. The molecule has 0 N–H and O–H groups in total. The summed E-state index contributed by atoms with van der Waals surface area (Å²) in [5.74, 6) is 0.491. The van der Waals surface area contributed by atoms with Gasteiger partial charge in [0.15, 0.2) is 17.3 Å². The molecule has 0 bridgehead atoms. The Morgan fingerprint density at radius 1 is 1.38 bits per heavy atom. The number of aliphatic imine (C=N–C) groups is 1. The van der Waals surface area contributed by atoms with Crippen LogP contribution >= 0.6 is 0 Å². The van der Waals surface area contributed by atoms with Crippen molar-refractivity contribution in [1.82, 2.24) is 9.97 Å². The first-order chi connectivity index (χ1) is 6.31. The molecule has 1 aliphatic rings. The van der Waals surface area contributed by atoms with E-state index >= 15 is 0 Å². The molecule has 0 atom stereocenters. The highest BCUT2D eigenvalue weighted by Gasteiger charge is 2.20. The van der Waals surface area contributed by atoms with Gasteiger partial charge >= 0.3 is 0 Å². The third-order valence-corrected chi connectivity index (χ3v) is 1.98. The van der Waals surface area contributed by atoms with Gasteiger partial charge in [-0.15, -0.1) is 0 Å². The van der Waals surface area contributed by atoms with Gasteiger partial charge in [-0.2, -0.15) is 0 Å². The van der Waals surface area contributed by atoms with Crippen molar-refractivity contribution in [3.8, 4) is 0 Å². The van der Waals surface area contributed by atoms with Crippen molar-refractivity contribution in [1.29, 1.82) is 0 Å². The summed E-state index contributed by atoms with van der Waals surface area (Å²) in [6, 6.07) is 0. The molecule has 1 aromatic rings. The first kappa shape index (κ1) is 8.04. The second-order valence-electron chi connectivity index (χ2n) is 2.86. The highest BCUT2D eigenvalue weighted by Crippen LogP contribution is 2.21. The fourth-order valence-electron chi connectivity index (χ4n) is 1.27. The van der Waals surface area contributed by atoms with E-state index in [1.165, 1.54) is 6.20 Å². The van der Waals surface area contributed by atoms with Crippen molar-refractivity contribution in [2.45, 2.75) is 19.8 Å². The molecule has 0 unspecified atom stereocenters. The Bertz CT molecular complexity index is 384. The number of hydrogen-bond acceptors (Lipinski definition) is 4. The summed E-state index contributed by atoms with van der Waals surface area (Å²) in [4.78, 5) is 23.7. The summed E-state index contributed by atoms with van der Waals surface area (Å²) in [7, 11) is 0. The predicted molar refractivity (Wildman–Crippen MR) is 48.4 cm³/mol. The van der Waals surface area contributed by atoms with Gasteiger partial charge in [0, 0.05) is 18.1 Å². The van der Waals surface area contributed by atoms with Crippen molar-refractivity contribution in [3.05, 3.63) is 18.1 Å². The molecule has 2 rings (SSSR count). The molecule has 0 saturated carbocycles. The maximum absolute atomic E-state index is 11.5. The third kappa shape index (κ3) is 1.35. The summed E-state index contributed by atoms with van der Waals surface area (Å²) in [6.45, 7) is 1.98. The van der Waals surface area contributed by atoms with E-state index in [2.05, 4.69) is 15.0 Å². The van der Waals surface area contributed by atoms with Gasteiger partial charge in [0.25, 0.3) is 0 Å². The van der Waals surface area contributed by atoms with Gasteiger partial charge in [0.05, 0.1) is 6.42 Å². The number of fused-ring (bicyclic) bond motifs is 1. The number of carbonyl (C=O) groups excluding carboxylic acids is 1. The standard InChI is InChI=1S/C9H9N3O/c1-2-6-5-7(13)8-9(12-6)11-4-3-10-8/h3-4H,2,5H2,1H3. The molecule has 1 aromatic heterocycles. The van der Waals surface area contributed by atoms with E-state index in [0.29, 0.717) is 17.9 Å². The van der Waals surface area contributed by atoms with Gasteiger partial charge in [-0.05, 0) is 6.42 Å². The minimum Gasteiger partial charge on any atom is -0.292 e. The number of ketones is 1. The van der Waals surface area contributed by atoms with Gasteiger partial charge < -0.3 is 0 Å². The first-order valence-corrected chi connectivity index (χ1v) is 4.22. The monoisotopic (exact) mass is 175 g/mol. The Hall–Kier alpha value is -1.58. The third-order valence-electron chi connectivity index (χ3n) is 1.98. The van der Waals surface area contributed by atoms with Gasteiger partial charge in [-0.1, -0.05) is 6.92 Å². The molecular weight excluding hydrogens is 166 g/mol. The highest BCUT2D eigenvalue weighted by molar-refractivity contribution is 6.14. The smallest absolute Gasteiger partial charge is 0.190 e. The van der Waals surface area contributed by atoms with Crippen LogP contribution < -0.4 is 0 Å². The summed E-state index contributed by atoms with van der Waals surface area (Å²) in [6.07, 6.45) is 4.25. The predicted octanol–water partition coefficient (Wildman–Crippen LogP) is 1.55. The molecule has 0 spiro atoms. The molecular formula is C9H9N3O. The lowest BCUT2D eigenvalue weighted by atomic mass is 10.1. The number of nitrogens with zero attached hydrogens (tertiary/aromatic N) is 3. The number of hydrogen-bond donors (Lipinski definition) is 0. The second-order valence-corrected chi connectivity index (χ2v) is 2.86. The average Bonchev–Trinajstić information content (AvgIpc) is 2.18. The van der Waals surface area contributed by atoms with Crippen LogP contribution in [-0.4, -0.2) is 21.5 Å². The van der Waals surface area contributed by atoms with Gasteiger partial charge in [-0.25, -0.2) is 15.0 Å². The largest absolute Gasteiger partial charge is 0.292 e. The number of Topliss-reactive ketones (excluding diaryl/α,β-unsaturated/α-hetero) is 1. The maximum atomic E-state index is 11.5. The van der Waals surface area contributed by atoms with E-state index in [1.807, 2.05) is 6.92 Å². The molecule has 0 saturated heterocycles. The van der Waals surface area contributed by atoms with Crippen LogP contribution in [0.5, 0.6) is 0 Å². The van der Waals surface area contributed by atoms with Crippen LogP contribution in [0.25, 0.3) is 0 Å². The number of rotatable bonds is 1. The molecule has 66 valence electrons. The van der Waals surface area contributed by atoms with Crippen LogP contribution in [0.4, 0.5) is 5.82 Å². The molecule has 1 aliphatic heterocycles. The normalized spacial score (nSPS) is 15.2. The Balaban J connectivity index is 2.53. The van der Waals surface area contributed by atoms with Crippen LogP contribution in [-0.2, 0) is 0 Å². The van der Waals surface area contributed by atoms with Crippen LogP contribution in [0.15, 0.2) is 17.4 Å². The van der Waals surface area contributed by atoms with Crippen molar-refractivity contribution < 1.29 is 4.79 Å². The maximum Gasteiger partial charge on any atom is 0.190 e. The Labute approximate surface area is 75.7 Å². The lowest BCUT2D eigenvalue weighted by molar-refractivity contribution is 0.0994. The molecule has 0 fully saturated rings. The summed E-state index contributed by atoms with van der Waals surface area (Å²) in [5, 5.41) is 0. The molecule has 4 heteroatoms. The lowest BCUT2D eigenvalue weighted by Gasteiger charge is -2.10. The van der Waals surface area contributed by atoms with E-state index < -0.39 is 0 Å². The van der Waals surface area contributed by atoms with Crippen LogP contribution in [0.1, 0.15) is 30.3 Å². The van der Waals surface area contributed by atoms with Crippen LogP contribution in [0, 0.1) is 0 Å². The van der Waals surface area contributed by atoms with Crippen molar-refractivity contribution in [2.24, 2.45) is 4.99 Å². The molecule has 0 aliphatic carbocycles. The zero-order chi connectivity index (χ0) is 9.26. The Morgan fingerprint density at radius 3 is 2.92 bits per heavy atom. The van der Waals surface area contributed by atoms with E-state index in [9.17, 15) is 4.79 Å². The van der Waals surface area contributed by atoms with Crippen molar-refractivity contribution >= 4 is 17.3 Å². The van der Waals surface area contributed by atoms with Crippen LogP contribution in [0.2, 0.25) is 0 Å². The summed E-state index contributed by atoms with van der Waals surface area (Å²) in [5.41, 5.74) is 1.29. The van der Waals surface area contributed by atoms with E-state index in [0.717, 1.165) is 12.1 Å². The molecule has 0 aromatic carbocycles. The van der Waals surface area contributed by atoms with Gasteiger partial charge in [0.1, 0.15) is 0 Å². The SMILES string of the molecule is CCC1=Nc2nccnc2C(=O)C1. The molecule has 0 radical (unpaired) electrons. The van der Waals surface area contributed by atoms with Crippen molar-refractivity contribution in [2.75, 3.05) is 0 Å². The Kier molecular flexibility index (Phi) is 1.88. The minimum absolute atomic E-state index is 0.0231. The topological polar surface area (TPSA) is 55.2 Å².